The fourth-order valence-corrected chi connectivity index (χ4v) is 5.73. The molecule has 9 unspecified atom stereocenters. The van der Waals surface area contributed by atoms with Crippen molar-refractivity contribution in [1.82, 2.24) is 0 Å². The van der Waals surface area contributed by atoms with Crippen molar-refractivity contribution in [2.24, 2.45) is 23.2 Å². The highest BCUT2D eigenvalue weighted by molar-refractivity contribution is 5.79. The van der Waals surface area contributed by atoms with Gasteiger partial charge in [0.2, 0.25) is 0 Å². The van der Waals surface area contributed by atoms with Gasteiger partial charge in [0.25, 0.3) is 0 Å². The maximum Gasteiger partial charge on any atom is 0.312 e. The number of esters is 1. The molecule has 0 amide bonds. The van der Waals surface area contributed by atoms with E-state index in [1.165, 1.54) is 0 Å². The van der Waals surface area contributed by atoms with Crippen LogP contribution < -0.4 is 0 Å². The standard InChI is InChI=1S/C15H20O6/c1-5(2)6-7-12(17)20-8(6)9(16)13(3)14(4-19-14)10-11(21-10)15(7,13)18/h5-11,16,18H,4H2,1-3H3. The Bertz CT molecular complexity index is 556. The van der Waals surface area contributed by atoms with Crippen LogP contribution in [0.1, 0.15) is 20.8 Å². The van der Waals surface area contributed by atoms with Crippen LogP contribution in [-0.4, -0.2) is 58.4 Å². The zero-order valence-corrected chi connectivity index (χ0v) is 12.3. The van der Waals surface area contributed by atoms with Crippen LogP contribution in [-0.2, 0) is 19.0 Å². The second-order valence-corrected chi connectivity index (χ2v) is 7.83. The minimum Gasteiger partial charge on any atom is -0.459 e. The molecule has 0 aromatic rings. The number of fused-ring (bicyclic) bond motifs is 8. The monoisotopic (exact) mass is 296 g/mol. The molecule has 2 aliphatic carbocycles. The first-order valence-corrected chi connectivity index (χ1v) is 7.71. The molecule has 0 aromatic carbocycles. The average molecular weight is 296 g/mol. The minimum atomic E-state index is -1.41. The predicted octanol–water partition coefficient (Wildman–Crippen LogP) is -0.538. The number of aliphatic hydroxyl groups is 2. The highest BCUT2D eigenvalue weighted by atomic mass is 16.7. The Balaban J connectivity index is 1.74. The van der Waals surface area contributed by atoms with E-state index < -0.39 is 46.8 Å². The molecule has 5 rings (SSSR count). The molecule has 2 bridgehead atoms. The molecule has 6 heteroatoms. The van der Waals surface area contributed by atoms with Crippen LogP contribution in [0.2, 0.25) is 0 Å². The predicted molar refractivity (Wildman–Crippen MR) is 68.1 cm³/mol. The Kier molecular flexibility index (Phi) is 1.92. The van der Waals surface area contributed by atoms with Crippen LogP contribution >= 0.6 is 0 Å². The van der Waals surface area contributed by atoms with E-state index in [2.05, 4.69) is 0 Å². The van der Waals surface area contributed by atoms with E-state index in [4.69, 9.17) is 14.2 Å². The van der Waals surface area contributed by atoms with Gasteiger partial charge < -0.3 is 24.4 Å². The van der Waals surface area contributed by atoms with Crippen LogP contribution in [0.4, 0.5) is 0 Å². The third-order valence-electron chi connectivity index (χ3n) is 6.97. The summed E-state index contributed by atoms with van der Waals surface area (Å²) >= 11 is 0. The van der Waals surface area contributed by atoms with E-state index in [0.717, 1.165) is 0 Å². The molecule has 2 saturated carbocycles. The number of epoxide rings is 2. The van der Waals surface area contributed by atoms with Gasteiger partial charge >= 0.3 is 5.97 Å². The van der Waals surface area contributed by atoms with Gasteiger partial charge in [-0.3, -0.25) is 4.79 Å². The van der Waals surface area contributed by atoms with Gasteiger partial charge in [-0.15, -0.1) is 0 Å². The Labute approximate surface area is 122 Å². The molecule has 2 N–H and O–H groups in total. The molecule has 3 heterocycles. The van der Waals surface area contributed by atoms with Gasteiger partial charge in [0.05, 0.1) is 17.9 Å². The van der Waals surface area contributed by atoms with Crippen molar-refractivity contribution >= 4 is 5.97 Å². The largest absolute Gasteiger partial charge is 0.459 e. The van der Waals surface area contributed by atoms with Crippen LogP contribution in [0.3, 0.4) is 0 Å². The topological polar surface area (TPSA) is 91.8 Å². The SMILES string of the molecule is CC(C)C1C2OC(=O)C1C1(O)C3OC3C3(CO3)C1(C)C2O. The highest BCUT2D eigenvalue weighted by Gasteiger charge is 2.94. The van der Waals surface area contributed by atoms with E-state index >= 15 is 0 Å². The van der Waals surface area contributed by atoms with E-state index in [9.17, 15) is 15.0 Å². The van der Waals surface area contributed by atoms with Gasteiger partial charge in [-0.05, 0) is 5.92 Å². The number of carbonyl (C=O) groups excluding carboxylic acids is 1. The van der Waals surface area contributed by atoms with Gasteiger partial charge in [-0.25, -0.2) is 0 Å². The summed E-state index contributed by atoms with van der Waals surface area (Å²) in [6, 6.07) is 0. The first-order valence-electron chi connectivity index (χ1n) is 7.71. The van der Waals surface area contributed by atoms with Crippen molar-refractivity contribution < 1.29 is 29.2 Å². The van der Waals surface area contributed by atoms with Crippen molar-refractivity contribution in [2.75, 3.05) is 6.61 Å². The van der Waals surface area contributed by atoms with Crippen LogP contribution in [0.5, 0.6) is 0 Å². The Morgan fingerprint density at radius 2 is 2.00 bits per heavy atom. The van der Waals surface area contributed by atoms with Crippen molar-refractivity contribution in [3.05, 3.63) is 0 Å². The summed E-state index contributed by atoms with van der Waals surface area (Å²) in [5.74, 6) is -1.11. The summed E-state index contributed by atoms with van der Waals surface area (Å²) in [5.41, 5.74) is -2.98. The second kappa shape index (κ2) is 3.15. The quantitative estimate of drug-likeness (QED) is 0.499. The number of rotatable bonds is 1. The second-order valence-electron chi connectivity index (χ2n) is 7.83. The van der Waals surface area contributed by atoms with E-state index in [1.807, 2.05) is 20.8 Å². The average Bonchev–Trinajstić information content (AvgIpc) is 3.27. The number of ether oxygens (including phenoxy) is 3. The van der Waals surface area contributed by atoms with Gasteiger partial charge in [-0.2, -0.15) is 0 Å². The van der Waals surface area contributed by atoms with Gasteiger partial charge in [0.15, 0.2) is 0 Å². The molecule has 9 atom stereocenters. The van der Waals surface area contributed by atoms with Crippen LogP contribution in [0, 0.1) is 23.2 Å². The summed E-state index contributed by atoms with van der Waals surface area (Å²) in [7, 11) is 0. The first kappa shape index (κ1) is 12.8. The van der Waals surface area contributed by atoms with Crippen molar-refractivity contribution in [3.63, 3.8) is 0 Å². The summed E-state index contributed by atoms with van der Waals surface area (Å²) in [4.78, 5) is 12.4. The Hall–Kier alpha value is -0.690. The fraction of sp³-hybridized carbons (Fsp3) is 0.933. The molecule has 6 nitrogen and oxygen atoms in total. The lowest BCUT2D eigenvalue weighted by Crippen LogP contribution is -2.71. The van der Waals surface area contributed by atoms with E-state index in [-0.39, 0.29) is 17.9 Å². The molecule has 116 valence electrons. The smallest absolute Gasteiger partial charge is 0.312 e. The lowest BCUT2D eigenvalue weighted by atomic mass is 9.51. The van der Waals surface area contributed by atoms with Gasteiger partial charge in [-0.1, -0.05) is 20.8 Å². The maximum atomic E-state index is 12.4. The Morgan fingerprint density at radius 1 is 1.33 bits per heavy atom. The van der Waals surface area contributed by atoms with Crippen LogP contribution in [0.25, 0.3) is 0 Å². The molecule has 3 aliphatic heterocycles. The summed E-state index contributed by atoms with van der Waals surface area (Å²) < 4.78 is 16.8. The first-order chi connectivity index (χ1) is 9.80. The molecule has 21 heavy (non-hydrogen) atoms. The zero-order valence-electron chi connectivity index (χ0n) is 12.3. The third kappa shape index (κ3) is 0.994. The highest BCUT2D eigenvalue weighted by Crippen LogP contribution is 2.76. The van der Waals surface area contributed by atoms with Gasteiger partial charge in [0, 0.05) is 5.92 Å². The Morgan fingerprint density at radius 3 is 2.57 bits per heavy atom. The number of aliphatic hydroxyl groups excluding tert-OH is 1. The number of hydrogen-bond donors (Lipinski definition) is 2. The summed E-state index contributed by atoms with van der Waals surface area (Å²) in [6.45, 7) is 6.28. The van der Waals surface area contributed by atoms with Crippen molar-refractivity contribution in [3.8, 4) is 0 Å². The summed E-state index contributed by atoms with van der Waals surface area (Å²) in [5, 5.41) is 22.5. The third-order valence-corrected chi connectivity index (χ3v) is 6.97. The summed E-state index contributed by atoms with van der Waals surface area (Å²) in [6.07, 6.45) is -2.14. The van der Waals surface area contributed by atoms with Crippen LogP contribution in [0.15, 0.2) is 0 Å². The minimum absolute atomic E-state index is 0.128. The molecule has 5 fully saturated rings. The fourth-order valence-electron chi connectivity index (χ4n) is 5.73. The van der Waals surface area contributed by atoms with E-state index in [0.29, 0.717) is 6.61 Å². The lowest BCUT2D eigenvalue weighted by Gasteiger charge is -2.54. The van der Waals surface area contributed by atoms with Gasteiger partial charge in [0.1, 0.15) is 35.6 Å². The molecule has 5 aliphatic rings. The van der Waals surface area contributed by atoms with E-state index in [1.54, 1.807) is 0 Å². The molecule has 0 aromatic heterocycles. The zero-order chi connectivity index (χ0) is 14.9. The number of hydrogen-bond acceptors (Lipinski definition) is 6. The molecular formula is C15H20O6. The normalized spacial score (nSPS) is 66.3. The molecular weight excluding hydrogens is 276 g/mol. The molecule has 1 spiro atoms. The number of carbonyl (C=O) groups is 1. The molecule has 0 radical (unpaired) electrons. The van der Waals surface area contributed by atoms with Crippen molar-refractivity contribution in [1.29, 1.82) is 0 Å². The lowest BCUT2D eigenvalue weighted by molar-refractivity contribution is -0.241. The maximum absolute atomic E-state index is 12.4. The molecule has 3 saturated heterocycles. The van der Waals surface area contributed by atoms with Crippen molar-refractivity contribution in [2.45, 2.75) is 56.4 Å².